The number of hydrogen-bond acceptors (Lipinski definition) is 5. The van der Waals surface area contributed by atoms with E-state index in [4.69, 9.17) is 4.74 Å². The van der Waals surface area contributed by atoms with Gasteiger partial charge in [-0.3, -0.25) is 4.90 Å². The average molecular weight is 445 g/mol. The number of urea groups is 1. The van der Waals surface area contributed by atoms with Crippen LogP contribution in [0.4, 0.5) is 9.18 Å². The molecule has 1 unspecified atom stereocenters. The van der Waals surface area contributed by atoms with Crippen LogP contribution in [0, 0.1) is 5.82 Å². The van der Waals surface area contributed by atoms with Crippen molar-refractivity contribution in [3.05, 3.63) is 46.9 Å². The lowest BCUT2D eigenvalue weighted by molar-refractivity contribution is -0.139. The number of carbonyl (C=O) groups is 2. The maximum Gasteiger partial charge on any atom is 0.338 e. The van der Waals surface area contributed by atoms with E-state index in [1.165, 1.54) is 44.5 Å². The van der Waals surface area contributed by atoms with Gasteiger partial charge in [0.1, 0.15) is 5.82 Å². The Morgan fingerprint density at radius 1 is 1.09 bits per heavy atom. The molecule has 0 aliphatic carbocycles. The average Bonchev–Trinajstić information content (AvgIpc) is 2.80. The van der Waals surface area contributed by atoms with Crippen molar-refractivity contribution in [1.82, 2.24) is 20.4 Å². The number of rotatable bonds is 6. The van der Waals surface area contributed by atoms with Gasteiger partial charge in [0.2, 0.25) is 0 Å². The minimum absolute atomic E-state index is 0.237. The van der Waals surface area contributed by atoms with E-state index < -0.39 is 12.0 Å². The molecular weight excluding hydrogens is 411 g/mol. The van der Waals surface area contributed by atoms with Crippen molar-refractivity contribution < 1.29 is 18.7 Å². The van der Waals surface area contributed by atoms with E-state index in [1.807, 2.05) is 0 Å². The van der Waals surface area contributed by atoms with Crippen LogP contribution in [0.2, 0.25) is 0 Å². The van der Waals surface area contributed by atoms with Crippen LogP contribution in [0.25, 0.3) is 0 Å². The third-order valence-electron chi connectivity index (χ3n) is 6.70. The first kappa shape index (κ1) is 22.7. The van der Waals surface area contributed by atoms with Crippen LogP contribution in [-0.4, -0.2) is 67.2 Å². The standard InChI is InChI=1S/C24H33FN4O3/c1-2-32-23(30)21-20(26-24(31)27-22(21)17-6-8-18(25)9-7-17)16-28-14-10-19(11-15-28)29-12-4-3-5-13-29/h6-9,19,22H,2-5,10-16H2,1H3,(H2,26,27,31). The number of piperidine rings is 2. The Morgan fingerprint density at radius 3 is 2.44 bits per heavy atom. The summed E-state index contributed by atoms with van der Waals surface area (Å²) in [6, 6.07) is 5.42. The molecule has 0 aromatic heterocycles. The highest BCUT2D eigenvalue weighted by molar-refractivity contribution is 5.95. The van der Waals surface area contributed by atoms with Gasteiger partial charge in [-0.15, -0.1) is 0 Å². The van der Waals surface area contributed by atoms with Crippen LogP contribution in [-0.2, 0) is 9.53 Å². The van der Waals surface area contributed by atoms with Gasteiger partial charge in [0, 0.05) is 31.4 Å². The summed E-state index contributed by atoms with van der Waals surface area (Å²) in [5.41, 5.74) is 1.60. The highest BCUT2D eigenvalue weighted by Crippen LogP contribution is 2.29. The first-order valence-corrected chi connectivity index (χ1v) is 11.7. The van der Waals surface area contributed by atoms with Gasteiger partial charge in [0.25, 0.3) is 0 Å². The smallest absolute Gasteiger partial charge is 0.338 e. The fraction of sp³-hybridized carbons (Fsp3) is 0.583. The molecule has 2 fully saturated rings. The number of hydrogen-bond donors (Lipinski definition) is 2. The predicted octanol–water partition coefficient (Wildman–Crippen LogP) is 2.95. The molecule has 1 aromatic rings. The summed E-state index contributed by atoms with van der Waals surface area (Å²) in [5.74, 6) is -0.833. The normalized spacial score (nSPS) is 23.6. The van der Waals surface area contributed by atoms with Crippen molar-refractivity contribution in [2.24, 2.45) is 0 Å². The maximum absolute atomic E-state index is 13.4. The van der Waals surface area contributed by atoms with E-state index in [2.05, 4.69) is 20.4 Å². The number of benzene rings is 1. The van der Waals surface area contributed by atoms with Gasteiger partial charge in [0.05, 0.1) is 18.2 Å². The van der Waals surface area contributed by atoms with Crippen LogP contribution in [0.1, 0.15) is 50.6 Å². The molecule has 32 heavy (non-hydrogen) atoms. The summed E-state index contributed by atoms with van der Waals surface area (Å²) in [6.07, 6.45) is 6.11. The molecule has 8 heteroatoms. The van der Waals surface area contributed by atoms with E-state index in [9.17, 15) is 14.0 Å². The van der Waals surface area contributed by atoms with Crippen LogP contribution in [0.5, 0.6) is 0 Å². The number of esters is 1. The topological polar surface area (TPSA) is 73.9 Å². The summed E-state index contributed by atoms with van der Waals surface area (Å²) in [6.45, 7) is 6.71. The van der Waals surface area contributed by atoms with Crippen molar-refractivity contribution in [2.75, 3.05) is 39.3 Å². The van der Waals surface area contributed by atoms with Crippen LogP contribution < -0.4 is 10.6 Å². The summed E-state index contributed by atoms with van der Waals surface area (Å²) in [5, 5.41) is 5.64. The van der Waals surface area contributed by atoms with Crippen LogP contribution in [0.15, 0.2) is 35.5 Å². The van der Waals surface area contributed by atoms with Gasteiger partial charge in [-0.1, -0.05) is 18.6 Å². The van der Waals surface area contributed by atoms with Crippen LogP contribution >= 0.6 is 0 Å². The molecule has 0 saturated carbocycles. The summed E-state index contributed by atoms with van der Waals surface area (Å²) >= 11 is 0. The lowest BCUT2D eigenvalue weighted by Crippen LogP contribution is -2.51. The zero-order chi connectivity index (χ0) is 22.5. The Labute approximate surface area is 189 Å². The summed E-state index contributed by atoms with van der Waals surface area (Å²) < 4.78 is 18.8. The molecule has 174 valence electrons. The Balaban J connectivity index is 1.52. The molecule has 2 N–H and O–H groups in total. The van der Waals surface area contributed by atoms with Crippen molar-refractivity contribution in [1.29, 1.82) is 0 Å². The number of halogens is 1. The van der Waals surface area contributed by atoms with Crippen molar-refractivity contribution in [2.45, 2.75) is 51.1 Å². The van der Waals surface area contributed by atoms with Gasteiger partial charge in [-0.05, 0) is 63.4 Å². The second kappa shape index (κ2) is 10.4. The number of likely N-dealkylation sites (tertiary alicyclic amines) is 2. The van der Waals surface area contributed by atoms with Gasteiger partial charge in [-0.25, -0.2) is 14.0 Å². The zero-order valence-electron chi connectivity index (χ0n) is 18.7. The summed E-state index contributed by atoms with van der Waals surface area (Å²) in [7, 11) is 0. The fourth-order valence-electron chi connectivity index (χ4n) is 5.05. The maximum atomic E-state index is 13.4. The Kier molecular flexibility index (Phi) is 7.42. The van der Waals surface area contributed by atoms with E-state index >= 15 is 0 Å². The van der Waals surface area contributed by atoms with E-state index in [1.54, 1.807) is 19.1 Å². The quantitative estimate of drug-likeness (QED) is 0.660. The minimum atomic E-state index is -0.677. The first-order valence-electron chi connectivity index (χ1n) is 11.7. The second-order valence-electron chi connectivity index (χ2n) is 8.80. The van der Waals surface area contributed by atoms with Gasteiger partial charge < -0.3 is 20.3 Å². The van der Waals surface area contributed by atoms with E-state index in [0.29, 0.717) is 29.4 Å². The molecule has 1 aromatic carbocycles. The highest BCUT2D eigenvalue weighted by atomic mass is 19.1. The monoisotopic (exact) mass is 444 g/mol. The molecular formula is C24H33FN4O3. The Bertz CT molecular complexity index is 843. The number of ether oxygens (including phenoxy) is 1. The van der Waals surface area contributed by atoms with Gasteiger partial charge in [-0.2, -0.15) is 0 Å². The largest absolute Gasteiger partial charge is 0.463 e. The SMILES string of the molecule is CCOC(=O)C1=C(CN2CCC(N3CCCCC3)CC2)NC(=O)NC1c1ccc(F)cc1. The predicted molar refractivity (Wildman–Crippen MR) is 119 cm³/mol. The number of amides is 2. The Morgan fingerprint density at radius 2 is 1.78 bits per heavy atom. The molecule has 3 aliphatic rings. The second-order valence-corrected chi connectivity index (χ2v) is 8.80. The molecule has 2 amide bonds. The number of nitrogens with zero attached hydrogens (tertiary/aromatic N) is 2. The third kappa shape index (κ3) is 5.30. The highest BCUT2D eigenvalue weighted by Gasteiger charge is 2.35. The van der Waals surface area contributed by atoms with Crippen molar-refractivity contribution in [3.63, 3.8) is 0 Å². The molecule has 0 bridgehead atoms. The first-order chi connectivity index (χ1) is 15.5. The molecule has 3 heterocycles. The van der Waals surface area contributed by atoms with Gasteiger partial charge in [0.15, 0.2) is 0 Å². The number of nitrogens with one attached hydrogen (secondary N) is 2. The summed E-state index contributed by atoms with van der Waals surface area (Å²) in [4.78, 5) is 30.3. The van der Waals surface area contributed by atoms with Crippen LogP contribution in [0.3, 0.4) is 0 Å². The Hall–Kier alpha value is -2.45. The van der Waals surface area contributed by atoms with Gasteiger partial charge >= 0.3 is 12.0 Å². The molecule has 7 nitrogen and oxygen atoms in total. The molecule has 3 aliphatic heterocycles. The van der Waals surface area contributed by atoms with Crippen molar-refractivity contribution in [3.8, 4) is 0 Å². The third-order valence-corrected chi connectivity index (χ3v) is 6.70. The van der Waals surface area contributed by atoms with Crippen molar-refractivity contribution >= 4 is 12.0 Å². The zero-order valence-corrected chi connectivity index (χ0v) is 18.7. The van der Waals surface area contributed by atoms with E-state index in [0.717, 1.165) is 25.9 Å². The lowest BCUT2D eigenvalue weighted by Gasteiger charge is -2.41. The molecule has 0 radical (unpaired) electrons. The van der Waals surface area contributed by atoms with E-state index in [-0.39, 0.29) is 18.5 Å². The lowest BCUT2D eigenvalue weighted by atomic mass is 9.94. The molecule has 4 rings (SSSR count). The molecule has 2 saturated heterocycles. The minimum Gasteiger partial charge on any atom is -0.463 e. The molecule has 0 spiro atoms. The number of carbonyl (C=O) groups excluding carboxylic acids is 2. The fourth-order valence-corrected chi connectivity index (χ4v) is 5.05. The molecule has 1 atom stereocenters.